The van der Waals surface area contributed by atoms with E-state index in [1.165, 1.54) is 6.07 Å². The topological polar surface area (TPSA) is 41.5 Å². The molecular formula is C10H11ClFNO2. The standard InChI is InChI=1S/C10H11ClFNO2/c11-6-3-7(10(14)8(12)4-6)9-5-13-1-2-15-9/h3-4,9,13-14H,1-2,5H2. The fourth-order valence-corrected chi connectivity index (χ4v) is 1.81. The number of halogens is 2. The van der Waals surface area contributed by atoms with Crippen molar-refractivity contribution in [3.05, 3.63) is 28.5 Å². The summed E-state index contributed by atoms with van der Waals surface area (Å²) < 4.78 is 18.6. The number of hydrogen-bond acceptors (Lipinski definition) is 3. The van der Waals surface area contributed by atoms with Gasteiger partial charge in [0, 0.05) is 23.7 Å². The van der Waals surface area contributed by atoms with Crippen LogP contribution >= 0.6 is 11.6 Å². The molecule has 1 heterocycles. The molecule has 1 aliphatic rings. The summed E-state index contributed by atoms with van der Waals surface area (Å²) in [6.07, 6.45) is -0.341. The first-order chi connectivity index (χ1) is 7.18. The van der Waals surface area contributed by atoms with Gasteiger partial charge in [-0.05, 0) is 12.1 Å². The summed E-state index contributed by atoms with van der Waals surface area (Å²) in [7, 11) is 0. The third-order valence-electron chi connectivity index (χ3n) is 2.33. The molecule has 0 bridgehead atoms. The predicted octanol–water partition coefficient (Wildman–Crippen LogP) is 1.85. The van der Waals surface area contributed by atoms with E-state index in [9.17, 15) is 9.50 Å². The van der Waals surface area contributed by atoms with E-state index in [-0.39, 0.29) is 16.9 Å². The van der Waals surface area contributed by atoms with Crippen LogP contribution in [0.25, 0.3) is 0 Å². The molecule has 0 aliphatic carbocycles. The van der Waals surface area contributed by atoms with Gasteiger partial charge in [0.2, 0.25) is 0 Å². The Morgan fingerprint density at radius 3 is 3.00 bits per heavy atom. The van der Waals surface area contributed by atoms with Gasteiger partial charge in [-0.1, -0.05) is 11.6 Å². The van der Waals surface area contributed by atoms with Gasteiger partial charge in [-0.3, -0.25) is 0 Å². The van der Waals surface area contributed by atoms with Crippen molar-refractivity contribution in [2.45, 2.75) is 6.10 Å². The number of phenols is 1. The van der Waals surface area contributed by atoms with Crippen LogP contribution in [0.2, 0.25) is 5.02 Å². The maximum atomic E-state index is 13.2. The smallest absolute Gasteiger partial charge is 0.166 e. The molecule has 1 aliphatic heterocycles. The zero-order valence-electron chi connectivity index (χ0n) is 7.96. The van der Waals surface area contributed by atoms with Gasteiger partial charge < -0.3 is 15.2 Å². The summed E-state index contributed by atoms with van der Waals surface area (Å²) in [6, 6.07) is 2.61. The van der Waals surface area contributed by atoms with Crippen LogP contribution in [0.3, 0.4) is 0 Å². The van der Waals surface area contributed by atoms with Gasteiger partial charge >= 0.3 is 0 Å². The normalized spacial score (nSPS) is 21.6. The third-order valence-corrected chi connectivity index (χ3v) is 2.55. The summed E-state index contributed by atoms with van der Waals surface area (Å²) in [5.41, 5.74) is 0.396. The first-order valence-electron chi connectivity index (χ1n) is 4.68. The maximum absolute atomic E-state index is 13.2. The molecule has 1 unspecified atom stereocenters. The Morgan fingerprint density at radius 1 is 1.53 bits per heavy atom. The quantitative estimate of drug-likeness (QED) is 0.775. The van der Waals surface area contributed by atoms with Gasteiger partial charge in [0.1, 0.15) is 0 Å². The Morgan fingerprint density at radius 2 is 2.33 bits per heavy atom. The van der Waals surface area contributed by atoms with Crippen molar-refractivity contribution in [3.63, 3.8) is 0 Å². The molecule has 0 spiro atoms. The number of benzene rings is 1. The lowest BCUT2D eigenvalue weighted by atomic mass is 10.1. The van der Waals surface area contributed by atoms with Gasteiger partial charge in [-0.2, -0.15) is 0 Å². The van der Waals surface area contributed by atoms with Crippen LogP contribution in [-0.4, -0.2) is 24.8 Å². The molecular weight excluding hydrogens is 221 g/mol. The number of ether oxygens (including phenoxy) is 1. The van der Waals surface area contributed by atoms with Crippen LogP contribution < -0.4 is 5.32 Å². The largest absolute Gasteiger partial charge is 0.505 e. The first-order valence-corrected chi connectivity index (χ1v) is 5.06. The van der Waals surface area contributed by atoms with E-state index in [0.717, 1.165) is 12.6 Å². The molecule has 82 valence electrons. The van der Waals surface area contributed by atoms with Crippen molar-refractivity contribution < 1.29 is 14.2 Å². The summed E-state index contributed by atoms with van der Waals surface area (Å²) in [5.74, 6) is -1.10. The van der Waals surface area contributed by atoms with Gasteiger partial charge in [-0.15, -0.1) is 0 Å². The highest BCUT2D eigenvalue weighted by molar-refractivity contribution is 6.30. The molecule has 1 aromatic rings. The van der Waals surface area contributed by atoms with Crippen molar-refractivity contribution >= 4 is 11.6 Å². The van der Waals surface area contributed by atoms with Gasteiger partial charge in [0.25, 0.3) is 0 Å². The van der Waals surface area contributed by atoms with Crippen LogP contribution in [0.15, 0.2) is 12.1 Å². The van der Waals surface area contributed by atoms with E-state index in [1.807, 2.05) is 0 Å². The second-order valence-corrected chi connectivity index (χ2v) is 3.83. The molecule has 3 nitrogen and oxygen atoms in total. The van der Waals surface area contributed by atoms with E-state index >= 15 is 0 Å². The zero-order chi connectivity index (χ0) is 10.8. The minimum absolute atomic E-state index is 0.259. The zero-order valence-corrected chi connectivity index (χ0v) is 8.72. The Labute approximate surface area is 91.8 Å². The molecule has 2 rings (SSSR count). The highest BCUT2D eigenvalue weighted by Crippen LogP contribution is 2.32. The molecule has 0 saturated carbocycles. The highest BCUT2D eigenvalue weighted by Gasteiger charge is 2.21. The second kappa shape index (κ2) is 4.35. The van der Waals surface area contributed by atoms with Crippen LogP contribution in [0.1, 0.15) is 11.7 Å². The third kappa shape index (κ3) is 2.22. The number of rotatable bonds is 1. The summed E-state index contributed by atoms with van der Waals surface area (Å²) in [6.45, 7) is 1.85. The summed E-state index contributed by atoms with van der Waals surface area (Å²) in [5, 5.41) is 12.9. The lowest BCUT2D eigenvalue weighted by Gasteiger charge is -2.24. The van der Waals surface area contributed by atoms with Crippen LogP contribution in [-0.2, 0) is 4.74 Å². The molecule has 0 aromatic heterocycles. The van der Waals surface area contributed by atoms with Crippen LogP contribution in [0.4, 0.5) is 4.39 Å². The highest BCUT2D eigenvalue weighted by atomic mass is 35.5. The van der Waals surface area contributed by atoms with Gasteiger partial charge in [0.15, 0.2) is 11.6 Å². The molecule has 1 saturated heterocycles. The SMILES string of the molecule is Oc1c(F)cc(Cl)cc1C1CNCCO1. The van der Waals surface area contributed by atoms with E-state index in [2.05, 4.69) is 5.32 Å². The maximum Gasteiger partial charge on any atom is 0.166 e. The first kappa shape index (κ1) is 10.7. The fraction of sp³-hybridized carbons (Fsp3) is 0.400. The molecule has 1 aromatic carbocycles. The Kier molecular flexibility index (Phi) is 3.09. The monoisotopic (exact) mass is 231 g/mol. The molecule has 0 amide bonds. The summed E-state index contributed by atoms with van der Waals surface area (Å²) in [4.78, 5) is 0. The lowest BCUT2D eigenvalue weighted by molar-refractivity contribution is 0.0260. The minimum atomic E-state index is -0.716. The number of nitrogens with one attached hydrogen (secondary N) is 1. The number of hydrogen-bond donors (Lipinski definition) is 2. The van der Waals surface area contributed by atoms with Crippen molar-refractivity contribution in [1.82, 2.24) is 5.32 Å². The van der Waals surface area contributed by atoms with Crippen molar-refractivity contribution in [2.75, 3.05) is 19.7 Å². The number of phenolic OH excluding ortho intramolecular Hbond substituents is 1. The average molecular weight is 232 g/mol. The molecule has 1 fully saturated rings. The Balaban J connectivity index is 2.33. The lowest BCUT2D eigenvalue weighted by Crippen LogP contribution is -2.33. The van der Waals surface area contributed by atoms with Gasteiger partial charge in [-0.25, -0.2) is 4.39 Å². The molecule has 5 heteroatoms. The molecule has 1 atom stereocenters. The van der Waals surface area contributed by atoms with E-state index in [4.69, 9.17) is 16.3 Å². The number of morpholine rings is 1. The average Bonchev–Trinajstić information content (AvgIpc) is 2.24. The van der Waals surface area contributed by atoms with Crippen LogP contribution in [0, 0.1) is 5.82 Å². The van der Waals surface area contributed by atoms with Gasteiger partial charge in [0.05, 0.1) is 12.7 Å². The molecule has 15 heavy (non-hydrogen) atoms. The van der Waals surface area contributed by atoms with Crippen LogP contribution in [0.5, 0.6) is 5.75 Å². The number of aromatic hydroxyl groups is 1. The fourth-order valence-electron chi connectivity index (χ4n) is 1.60. The molecule has 2 N–H and O–H groups in total. The van der Waals surface area contributed by atoms with Crippen molar-refractivity contribution in [1.29, 1.82) is 0 Å². The van der Waals surface area contributed by atoms with E-state index in [0.29, 0.717) is 18.7 Å². The Bertz CT molecular complexity index is 367. The molecule has 0 radical (unpaired) electrons. The van der Waals surface area contributed by atoms with E-state index < -0.39 is 5.82 Å². The van der Waals surface area contributed by atoms with E-state index in [1.54, 1.807) is 0 Å². The van der Waals surface area contributed by atoms with Crippen molar-refractivity contribution in [3.8, 4) is 5.75 Å². The summed E-state index contributed by atoms with van der Waals surface area (Å²) >= 11 is 5.71. The van der Waals surface area contributed by atoms with Crippen molar-refractivity contribution in [2.24, 2.45) is 0 Å². The predicted molar refractivity (Wildman–Crippen MR) is 54.6 cm³/mol. The Hall–Kier alpha value is -0.840. The second-order valence-electron chi connectivity index (χ2n) is 3.39. The minimum Gasteiger partial charge on any atom is -0.505 e.